The van der Waals surface area contributed by atoms with Crippen molar-refractivity contribution in [2.24, 2.45) is 0 Å². The lowest BCUT2D eigenvalue weighted by Crippen LogP contribution is -2.39. The number of amides is 1. The summed E-state index contributed by atoms with van der Waals surface area (Å²) >= 11 is 0. The summed E-state index contributed by atoms with van der Waals surface area (Å²) in [6, 6.07) is 8.23. The van der Waals surface area contributed by atoms with Crippen molar-refractivity contribution in [1.29, 1.82) is 0 Å². The second-order valence-electron chi connectivity index (χ2n) is 4.20. The first-order valence-electron chi connectivity index (χ1n) is 5.78. The molecule has 0 fully saturated rings. The standard InChI is InChI=1S/C14H16N2O/c1-3-6-14(17)16-10-11(2)15-9-12-7-4-5-8-13(12)16/h4-5,7-8,11,15H,9-10H2,1-2H3. The van der Waals surface area contributed by atoms with E-state index in [-0.39, 0.29) is 11.9 Å². The van der Waals surface area contributed by atoms with Gasteiger partial charge in [-0.05, 0) is 31.4 Å². The van der Waals surface area contributed by atoms with Crippen LogP contribution < -0.4 is 10.2 Å². The van der Waals surface area contributed by atoms with E-state index in [0.717, 1.165) is 17.8 Å². The van der Waals surface area contributed by atoms with Gasteiger partial charge < -0.3 is 5.32 Å². The normalized spacial score (nSPS) is 18.7. The molecule has 0 radical (unpaired) electrons. The third kappa shape index (κ3) is 2.48. The predicted molar refractivity (Wildman–Crippen MR) is 68.5 cm³/mol. The topological polar surface area (TPSA) is 32.3 Å². The van der Waals surface area contributed by atoms with Crippen molar-refractivity contribution >= 4 is 11.6 Å². The van der Waals surface area contributed by atoms with Gasteiger partial charge in [-0.3, -0.25) is 9.69 Å². The highest BCUT2D eigenvalue weighted by Crippen LogP contribution is 2.23. The molecule has 0 spiro atoms. The maximum atomic E-state index is 12.0. The lowest BCUT2D eigenvalue weighted by atomic mass is 10.1. The van der Waals surface area contributed by atoms with Gasteiger partial charge in [0, 0.05) is 24.8 Å². The van der Waals surface area contributed by atoms with E-state index in [1.807, 2.05) is 24.3 Å². The first-order valence-corrected chi connectivity index (χ1v) is 5.78. The third-order valence-corrected chi connectivity index (χ3v) is 2.86. The molecule has 1 unspecified atom stereocenters. The van der Waals surface area contributed by atoms with Crippen molar-refractivity contribution in [2.45, 2.75) is 26.4 Å². The van der Waals surface area contributed by atoms with Crippen molar-refractivity contribution in [3.63, 3.8) is 0 Å². The highest BCUT2D eigenvalue weighted by Gasteiger charge is 2.22. The van der Waals surface area contributed by atoms with Gasteiger partial charge in [0.15, 0.2) is 0 Å². The summed E-state index contributed by atoms with van der Waals surface area (Å²) in [5.41, 5.74) is 2.11. The molecule has 1 heterocycles. The Balaban J connectivity index is 2.41. The maximum absolute atomic E-state index is 12.0. The molecule has 3 nitrogen and oxygen atoms in total. The molecular weight excluding hydrogens is 212 g/mol. The Morgan fingerprint density at radius 1 is 1.47 bits per heavy atom. The van der Waals surface area contributed by atoms with Crippen molar-refractivity contribution in [1.82, 2.24) is 5.32 Å². The minimum Gasteiger partial charge on any atom is -0.308 e. The Morgan fingerprint density at radius 2 is 2.24 bits per heavy atom. The van der Waals surface area contributed by atoms with Crippen LogP contribution in [0, 0.1) is 11.8 Å². The molecular formula is C14H16N2O. The quantitative estimate of drug-likeness (QED) is 0.683. The largest absolute Gasteiger partial charge is 0.308 e. The molecule has 88 valence electrons. The van der Waals surface area contributed by atoms with E-state index in [1.54, 1.807) is 11.8 Å². The van der Waals surface area contributed by atoms with Gasteiger partial charge in [-0.1, -0.05) is 24.1 Å². The van der Waals surface area contributed by atoms with Gasteiger partial charge in [-0.15, -0.1) is 0 Å². The smallest absolute Gasteiger partial charge is 0.302 e. The average Bonchev–Trinajstić information content (AvgIpc) is 2.50. The second-order valence-corrected chi connectivity index (χ2v) is 4.20. The van der Waals surface area contributed by atoms with Gasteiger partial charge in [0.1, 0.15) is 0 Å². The van der Waals surface area contributed by atoms with Crippen LogP contribution >= 0.6 is 0 Å². The number of hydrogen-bond acceptors (Lipinski definition) is 2. The van der Waals surface area contributed by atoms with Crippen molar-refractivity contribution in [2.75, 3.05) is 11.4 Å². The number of hydrogen-bond donors (Lipinski definition) is 1. The van der Waals surface area contributed by atoms with Crippen LogP contribution in [-0.2, 0) is 11.3 Å². The number of para-hydroxylation sites is 1. The van der Waals surface area contributed by atoms with E-state index in [9.17, 15) is 4.79 Å². The fraction of sp³-hybridized carbons (Fsp3) is 0.357. The number of nitrogens with zero attached hydrogens (tertiary/aromatic N) is 1. The molecule has 0 bridgehead atoms. The van der Waals surface area contributed by atoms with E-state index in [2.05, 4.69) is 24.1 Å². The summed E-state index contributed by atoms with van der Waals surface area (Å²) in [5, 5.41) is 3.39. The average molecular weight is 228 g/mol. The number of nitrogens with one attached hydrogen (secondary N) is 1. The molecule has 0 saturated heterocycles. The maximum Gasteiger partial charge on any atom is 0.302 e. The van der Waals surface area contributed by atoms with E-state index < -0.39 is 0 Å². The zero-order valence-electron chi connectivity index (χ0n) is 10.2. The number of carbonyl (C=O) groups excluding carboxylic acids is 1. The first kappa shape index (κ1) is 11.7. The van der Waals surface area contributed by atoms with Crippen molar-refractivity contribution in [3.8, 4) is 11.8 Å². The van der Waals surface area contributed by atoms with E-state index in [0.29, 0.717) is 6.54 Å². The van der Waals surface area contributed by atoms with Gasteiger partial charge in [-0.25, -0.2) is 0 Å². The van der Waals surface area contributed by atoms with Crippen LogP contribution in [-0.4, -0.2) is 18.5 Å². The highest BCUT2D eigenvalue weighted by atomic mass is 16.2. The second kappa shape index (κ2) is 5.03. The molecule has 1 aliphatic heterocycles. The molecule has 0 aromatic heterocycles. The third-order valence-electron chi connectivity index (χ3n) is 2.86. The van der Waals surface area contributed by atoms with Crippen LogP contribution in [0.5, 0.6) is 0 Å². The van der Waals surface area contributed by atoms with E-state index in [4.69, 9.17) is 0 Å². The Morgan fingerprint density at radius 3 is 3.00 bits per heavy atom. The van der Waals surface area contributed by atoms with E-state index in [1.165, 1.54) is 0 Å². The summed E-state index contributed by atoms with van der Waals surface area (Å²) in [4.78, 5) is 13.7. The van der Waals surface area contributed by atoms with Crippen LogP contribution in [0.1, 0.15) is 19.4 Å². The fourth-order valence-electron chi connectivity index (χ4n) is 2.01. The number of rotatable bonds is 0. The van der Waals surface area contributed by atoms with Gasteiger partial charge in [0.25, 0.3) is 0 Å². The minimum atomic E-state index is -0.129. The van der Waals surface area contributed by atoms with Crippen LogP contribution in [0.15, 0.2) is 24.3 Å². The lowest BCUT2D eigenvalue weighted by molar-refractivity contribution is -0.113. The Hall–Kier alpha value is -1.79. The zero-order valence-corrected chi connectivity index (χ0v) is 10.2. The summed E-state index contributed by atoms with van der Waals surface area (Å²) in [6.07, 6.45) is 0. The van der Waals surface area contributed by atoms with Gasteiger partial charge >= 0.3 is 5.91 Å². The number of anilines is 1. The molecule has 0 saturated carbocycles. The predicted octanol–water partition coefficient (Wildman–Crippen LogP) is 1.53. The number of carbonyl (C=O) groups is 1. The van der Waals surface area contributed by atoms with Gasteiger partial charge in [-0.2, -0.15) is 0 Å². The van der Waals surface area contributed by atoms with Crippen molar-refractivity contribution < 1.29 is 4.79 Å². The van der Waals surface area contributed by atoms with Crippen LogP contribution in [0.25, 0.3) is 0 Å². The molecule has 1 aromatic carbocycles. The molecule has 1 amide bonds. The first-order chi connectivity index (χ1) is 8.22. The van der Waals surface area contributed by atoms with Crippen molar-refractivity contribution in [3.05, 3.63) is 29.8 Å². The molecule has 0 aliphatic carbocycles. The minimum absolute atomic E-state index is 0.129. The summed E-state index contributed by atoms with van der Waals surface area (Å²) in [5.74, 6) is 5.15. The molecule has 3 heteroatoms. The molecule has 1 aliphatic rings. The number of fused-ring (bicyclic) bond motifs is 1. The molecule has 1 atom stereocenters. The summed E-state index contributed by atoms with van der Waals surface area (Å²) < 4.78 is 0. The van der Waals surface area contributed by atoms with Gasteiger partial charge in [0.2, 0.25) is 0 Å². The van der Waals surface area contributed by atoms with Crippen LogP contribution in [0.3, 0.4) is 0 Å². The molecule has 1 N–H and O–H groups in total. The van der Waals surface area contributed by atoms with E-state index >= 15 is 0 Å². The SMILES string of the molecule is CC#CC(=O)N1CC(C)NCc2ccccc21. The lowest BCUT2D eigenvalue weighted by Gasteiger charge is -2.21. The summed E-state index contributed by atoms with van der Waals surface area (Å²) in [7, 11) is 0. The zero-order chi connectivity index (χ0) is 12.3. The summed E-state index contributed by atoms with van der Waals surface area (Å²) in [6.45, 7) is 5.21. The molecule has 2 rings (SSSR count). The van der Waals surface area contributed by atoms with Gasteiger partial charge in [0.05, 0.1) is 0 Å². The van der Waals surface area contributed by atoms with Crippen LogP contribution in [0.2, 0.25) is 0 Å². The highest BCUT2D eigenvalue weighted by molar-refractivity contribution is 6.06. The monoisotopic (exact) mass is 228 g/mol. The van der Waals surface area contributed by atoms with Crippen LogP contribution in [0.4, 0.5) is 5.69 Å². The Labute approximate surface area is 102 Å². The Bertz CT molecular complexity index is 484. The molecule has 17 heavy (non-hydrogen) atoms. The Kier molecular flexibility index (Phi) is 3.46. The fourth-order valence-corrected chi connectivity index (χ4v) is 2.01. The number of benzene rings is 1. The molecule has 1 aromatic rings.